The molecule has 0 saturated heterocycles. The molecule has 8 bridgehead atoms. The van der Waals surface area contributed by atoms with Crippen LogP contribution in [0.15, 0.2) is 24.3 Å². The van der Waals surface area contributed by atoms with E-state index in [1.165, 1.54) is 0 Å². The fourth-order valence-corrected chi connectivity index (χ4v) is 4.34. The van der Waals surface area contributed by atoms with Crippen molar-refractivity contribution < 1.29 is 45.8 Å². The van der Waals surface area contributed by atoms with Gasteiger partial charge in [0.2, 0.25) is 0 Å². The first kappa shape index (κ1) is 25.8. The van der Waals surface area contributed by atoms with E-state index in [0.717, 1.165) is 55.7 Å². The number of carbonyl (C=O) groups excluding carboxylic acids is 1. The topological polar surface area (TPSA) is 121 Å². The van der Waals surface area contributed by atoms with Crippen LogP contribution in [0.4, 0.5) is 26.3 Å². The van der Waals surface area contributed by atoms with Crippen molar-refractivity contribution in [3.63, 3.8) is 0 Å². The summed E-state index contributed by atoms with van der Waals surface area (Å²) in [7, 11) is 0.986. The number of hydrogen-bond acceptors (Lipinski definition) is 5. The molecule has 14 heteroatoms. The number of aromatic amines is 2. The molecule has 0 radical (unpaired) electrons. The summed E-state index contributed by atoms with van der Waals surface area (Å²) in [4.78, 5) is 37.3. The normalized spacial score (nSPS) is 13.1. The van der Waals surface area contributed by atoms with Crippen LogP contribution < -0.4 is 0 Å². The number of carbonyl (C=O) groups is 2. The number of esters is 1. The number of nitrogens with one attached hydrogen (secondary N) is 2. The lowest BCUT2D eigenvalue weighted by Crippen LogP contribution is -2.10. The summed E-state index contributed by atoms with van der Waals surface area (Å²) in [5.41, 5.74) is -7.24. The second kappa shape index (κ2) is 8.85. The molecule has 0 aromatic carbocycles. The fourth-order valence-electron chi connectivity index (χ4n) is 4.34. The Bertz CT molecular complexity index is 1660. The van der Waals surface area contributed by atoms with Crippen LogP contribution in [0, 0.1) is 0 Å². The number of alkyl halides is 6. The Morgan fingerprint density at radius 1 is 0.692 bits per heavy atom. The van der Waals surface area contributed by atoms with Crippen molar-refractivity contribution in [3.8, 4) is 0 Å². The van der Waals surface area contributed by atoms with Gasteiger partial charge in [-0.3, -0.25) is 0 Å². The summed E-state index contributed by atoms with van der Waals surface area (Å²) in [6.07, 6.45) is -5.88. The van der Waals surface area contributed by atoms with E-state index in [0.29, 0.717) is 0 Å². The van der Waals surface area contributed by atoms with Gasteiger partial charge in [0.25, 0.3) is 0 Å². The first-order valence-corrected chi connectivity index (χ1v) is 10.9. The van der Waals surface area contributed by atoms with Crippen molar-refractivity contribution in [1.29, 1.82) is 0 Å². The summed E-state index contributed by atoms with van der Waals surface area (Å²) in [5.74, 6) is -2.70. The minimum Gasteiger partial charge on any atom is -0.478 e. The van der Waals surface area contributed by atoms with Crippen molar-refractivity contribution in [2.45, 2.75) is 12.4 Å². The van der Waals surface area contributed by atoms with Crippen LogP contribution in [0.5, 0.6) is 0 Å². The molecule has 0 atom stereocenters. The largest absolute Gasteiger partial charge is 0.478 e. The third kappa shape index (κ3) is 4.43. The van der Waals surface area contributed by atoms with Crippen LogP contribution in [0.3, 0.4) is 0 Å². The zero-order chi connectivity index (χ0) is 28.3. The molecule has 0 aliphatic carbocycles. The Kier molecular flexibility index (Phi) is 5.85. The molecule has 5 heterocycles. The first-order valence-electron chi connectivity index (χ1n) is 10.9. The number of rotatable bonds is 2. The van der Waals surface area contributed by atoms with Gasteiger partial charge in [0.15, 0.2) is 0 Å². The zero-order valence-electron chi connectivity index (χ0n) is 19.5. The first-order chi connectivity index (χ1) is 18.3. The van der Waals surface area contributed by atoms with Crippen LogP contribution in [0.2, 0.25) is 0 Å². The molecule has 2 aliphatic heterocycles. The molecule has 0 amide bonds. The van der Waals surface area contributed by atoms with E-state index < -0.39 is 69.0 Å². The molecule has 2 aliphatic rings. The van der Waals surface area contributed by atoms with Crippen molar-refractivity contribution in [3.05, 3.63) is 69.3 Å². The number of carboxylic acid groups (broad SMARTS) is 1. The number of methoxy groups -OCH3 is 1. The number of nitrogens with zero attached hydrogens (tertiary/aromatic N) is 2. The van der Waals surface area contributed by atoms with E-state index in [4.69, 9.17) is 4.74 Å². The van der Waals surface area contributed by atoms with E-state index in [2.05, 4.69) is 19.9 Å². The van der Waals surface area contributed by atoms with E-state index in [-0.39, 0.29) is 22.4 Å². The molecular formula is C25H14F6N4O4. The Balaban J connectivity index is 2.07. The van der Waals surface area contributed by atoms with Gasteiger partial charge in [-0.2, -0.15) is 26.3 Å². The van der Waals surface area contributed by atoms with Crippen molar-refractivity contribution >= 4 is 58.3 Å². The van der Waals surface area contributed by atoms with Gasteiger partial charge in [-0.05, 0) is 48.6 Å². The fraction of sp³-hybridized carbons (Fsp3) is 0.120. The van der Waals surface area contributed by atoms with Gasteiger partial charge in [0.1, 0.15) is 22.3 Å². The van der Waals surface area contributed by atoms with E-state index in [1.54, 1.807) is 0 Å². The maximum Gasteiger partial charge on any atom is 0.420 e. The number of ether oxygens (including phenoxy) is 1. The predicted molar refractivity (Wildman–Crippen MR) is 127 cm³/mol. The summed E-state index contributed by atoms with van der Waals surface area (Å²) >= 11 is 0. The number of fused-ring (bicyclic) bond motifs is 8. The lowest BCUT2D eigenvalue weighted by molar-refractivity contribution is -0.137. The van der Waals surface area contributed by atoms with Crippen LogP contribution in [-0.2, 0) is 17.1 Å². The van der Waals surface area contributed by atoms with Gasteiger partial charge >= 0.3 is 24.3 Å². The maximum atomic E-state index is 14.2. The molecule has 0 saturated carbocycles. The van der Waals surface area contributed by atoms with Gasteiger partial charge < -0.3 is 19.8 Å². The van der Waals surface area contributed by atoms with Gasteiger partial charge in [-0.1, -0.05) is 0 Å². The van der Waals surface area contributed by atoms with Gasteiger partial charge in [-0.25, -0.2) is 19.6 Å². The average molecular weight is 548 g/mol. The van der Waals surface area contributed by atoms with Crippen molar-refractivity contribution in [1.82, 2.24) is 19.9 Å². The molecule has 5 rings (SSSR count). The van der Waals surface area contributed by atoms with E-state index >= 15 is 0 Å². The molecule has 3 aromatic heterocycles. The molecule has 3 N–H and O–H groups in total. The lowest BCUT2D eigenvalue weighted by atomic mass is 10.1. The minimum absolute atomic E-state index is 0.310. The van der Waals surface area contributed by atoms with Crippen molar-refractivity contribution in [2.75, 3.05) is 7.11 Å². The number of halogens is 6. The second-order valence-electron chi connectivity index (χ2n) is 8.29. The molecule has 0 spiro atoms. The zero-order valence-corrected chi connectivity index (χ0v) is 19.5. The SMILES string of the molecule is COC(=O)c1c2nc(c(C(F)(F)F)c3ccc([nH]3)c(C(=O)O)c3ccc([nH]3)c(C(F)(F)F)c3nc1C=C3)C=C2. The van der Waals surface area contributed by atoms with Crippen LogP contribution in [0.25, 0.3) is 46.4 Å². The minimum atomic E-state index is -4.98. The highest BCUT2D eigenvalue weighted by molar-refractivity contribution is 6.04. The number of aromatic carboxylic acids is 1. The summed E-state index contributed by atoms with van der Waals surface area (Å²) in [6.45, 7) is 0. The maximum absolute atomic E-state index is 14.2. The average Bonchev–Trinajstić information content (AvgIpc) is 3.62. The van der Waals surface area contributed by atoms with Crippen LogP contribution in [0.1, 0.15) is 54.6 Å². The molecule has 200 valence electrons. The van der Waals surface area contributed by atoms with Gasteiger partial charge in [-0.15, -0.1) is 0 Å². The second-order valence-corrected chi connectivity index (χ2v) is 8.29. The Morgan fingerprint density at radius 2 is 1.08 bits per heavy atom. The summed E-state index contributed by atoms with van der Waals surface area (Å²) in [6, 6.07) is 4.05. The Morgan fingerprint density at radius 3 is 1.44 bits per heavy atom. The summed E-state index contributed by atoms with van der Waals surface area (Å²) in [5, 5.41) is 9.81. The number of aromatic nitrogens is 4. The third-order valence-electron chi connectivity index (χ3n) is 5.92. The highest BCUT2D eigenvalue weighted by atomic mass is 19.4. The van der Waals surface area contributed by atoms with Crippen LogP contribution >= 0.6 is 0 Å². The van der Waals surface area contributed by atoms with Crippen molar-refractivity contribution in [2.24, 2.45) is 0 Å². The Labute approximate surface area is 213 Å². The molecular weight excluding hydrogens is 534 g/mol. The van der Waals surface area contributed by atoms with Crippen LogP contribution in [-0.4, -0.2) is 44.1 Å². The van der Waals surface area contributed by atoms with Gasteiger partial charge in [0, 0.05) is 0 Å². The molecule has 0 fully saturated rings. The Hall–Kier alpha value is -4.88. The number of H-pyrrole nitrogens is 2. The molecule has 39 heavy (non-hydrogen) atoms. The molecule has 8 nitrogen and oxygen atoms in total. The monoisotopic (exact) mass is 548 g/mol. The van der Waals surface area contributed by atoms with Gasteiger partial charge in [0.05, 0.1) is 52.0 Å². The quantitative estimate of drug-likeness (QED) is 0.179. The highest BCUT2D eigenvalue weighted by Gasteiger charge is 2.38. The highest BCUT2D eigenvalue weighted by Crippen LogP contribution is 2.38. The standard InChI is InChI=1S/C25H14F6N4O4/c1-39-23(38)19-12-4-8-16(34-12)20(24(26,27)28)14-6-2-10(32-14)18(22(36)37)11-3-7-15(33-11)21(25(29,30)31)17-9-5-13(19)35-17/h2-9,32-33H,1H3,(H,36,37). The lowest BCUT2D eigenvalue weighted by Gasteiger charge is -2.08. The molecule has 0 unspecified atom stereocenters. The van der Waals surface area contributed by atoms with E-state index in [1.807, 2.05) is 0 Å². The molecule has 3 aromatic rings. The predicted octanol–water partition coefficient (Wildman–Crippen LogP) is 6.18. The third-order valence-corrected chi connectivity index (χ3v) is 5.92. The van der Waals surface area contributed by atoms with E-state index in [9.17, 15) is 41.0 Å². The number of carboxylic acids is 1. The number of hydrogen-bond donors (Lipinski definition) is 3. The smallest absolute Gasteiger partial charge is 0.420 e. The summed E-state index contributed by atoms with van der Waals surface area (Å²) < 4.78 is 90.0.